The summed E-state index contributed by atoms with van der Waals surface area (Å²) in [7, 11) is 3.36. The molecule has 2 N–H and O–H groups in total. The minimum atomic E-state index is -0.526. The van der Waals surface area contributed by atoms with Crippen LogP contribution in [0.4, 0.5) is 9.18 Å². The molecule has 3 aromatic rings. The predicted molar refractivity (Wildman–Crippen MR) is 97.6 cm³/mol. The van der Waals surface area contributed by atoms with Gasteiger partial charge in [0.15, 0.2) is 0 Å². The Hall–Kier alpha value is -3.42. The van der Waals surface area contributed by atoms with Crippen molar-refractivity contribution in [3.8, 4) is 5.88 Å². The summed E-state index contributed by atoms with van der Waals surface area (Å²) in [5, 5.41) is 5.67. The van der Waals surface area contributed by atoms with Gasteiger partial charge in [-0.05, 0) is 23.8 Å². The molecule has 0 aliphatic rings. The minimum absolute atomic E-state index is 0.250. The summed E-state index contributed by atoms with van der Waals surface area (Å²) in [5.41, 5.74) is 1.48. The van der Waals surface area contributed by atoms with Gasteiger partial charge in [0.05, 0.1) is 7.11 Å². The molecule has 0 bridgehead atoms. The number of nitrogens with one attached hydrogen (secondary N) is 2. The highest BCUT2D eigenvalue weighted by molar-refractivity contribution is 5.75. The van der Waals surface area contributed by atoms with Crippen molar-refractivity contribution in [3.05, 3.63) is 77.8 Å². The predicted octanol–water partition coefficient (Wildman–Crippen LogP) is 2.55. The van der Waals surface area contributed by atoms with E-state index < -0.39 is 12.1 Å². The number of rotatable bonds is 6. The molecule has 2 heterocycles. The first-order chi connectivity index (χ1) is 13.1. The van der Waals surface area contributed by atoms with E-state index in [1.807, 2.05) is 13.1 Å². The smallest absolute Gasteiger partial charge is 0.315 e. The number of aryl methyl sites for hydroxylation is 1. The highest BCUT2D eigenvalue weighted by Crippen LogP contribution is 2.21. The fourth-order valence-corrected chi connectivity index (χ4v) is 2.71. The monoisotopic (exact) mass is 369 g/mol. The molecule has 0 radical (unpaired) electrons. The summed E-state index contributed by atoms with van der Waals surface area (Å²) in [6, 6.07) is 8.63. The summed E-state index contributed by atoms with van der Waals surface area (Å²) in [5.74, 6) is 0.748. The zero-order valence-corrected chi connectivity index (χ0v) is 15.0. The third-order valence-corrected chi connectivity index (χ3v) is 4.08. The maximum absolute atomic E-state index is 13.3. The third kappa shape index (κ3) is 4.41. The number of carbonyl (C=O) groups excluding carboxylic acids is 1. The summed E-state index contributed by atoms with van der Waals surface area (Å²) in [4.78, 5) is 20.9. The molecule has 1 atom stereocenters. The van der Waals surface area contributed by atoms with E-state index in [2.05, 4.69) is 20.6 Å². The number of amides is 2. The fraction of sp³-hybridized carbons (Fsp3) is 0.211. The quantitative estimate of drug-likeness (QED) is 0.700. The second-order valence-electron chi connectivity index (χ2n) is 5.88. The molecule has 2 amide bonds. The zero-order chi connectivity index (χ0) is 19.2. The van der Waals surface area contributed by atoms with Crippen molar-refractivity contribution in [3.63, 3.8) is 0 Å². The normalized spacial score (nSPS) is 11.7. The van der Waals surface area contributed by atoms with Gasteiger partial charge in [0.2, 0.25) is 5.88 Å². The van der Waals surface area contributed by atoms with Gasteiger partial charge in [0.1, 0.15) is 17.7 Å². The van der Waals surface area contributed by atoms with Crippen LogP contribution in [0, 0.1) is 5.82 Å². The molecular formula is C19H20FN5O2. The van der Waals surface area contributed by atoms with Gasteiger partial charge in [-0.15, -0.1) is 0 Å². The van der Waals surface area contributed by atoms with Crippen molar-refractivity contribution in [1.29, 1.82) is 0 Å². The van der Waals surface area contributed by atoms with E-state index in [4.69, 9.17) is 4.74 Å². The van der Waals surface area contributed by atoms with Crippen LogP contribution in [0.15, 0.2) is 55.0 Å². The van der Waals surface area contributed by atoms with Crippen LogP contribution in [0.1, 0.15) is 23.0 Å². The number of halogens is 1. The largest absolute Gasteiger partial charge is 0.481 e. The molecule has 1 aromatic carbocycles. The van der Waals surface area contributed by atoms with Gasteiger partial charge in [-0.1, -0.05) is 18.2 Å². The topological polar surface area (TPSA) is 81.1 Å². The average Bonchev–Trinajstić information content (AvgIpc) is 3.11. The van der Waals surface area contributed by atoms with E-state index in [0.717, 1.165) is 11.1 Å². The Morgan fingerprint density at radius 1 is 1.22 bits per heavy atom. The number of pyridine rings is 1. The molecule has 0 saturated heterocycles. The van der Waals surface area contributed by atoms with Gasteiger partial charge in [0.25, 0.3) is 0 Å². The molecule has 7 nitrogen and oxygen atoms in total. The lowest BCUT2D eigenvalue weighted by Gasteiger charge is -2.19. The maximum atomic E-state index is 13.3. The van der Waals surface area contributed by atoms with E-state index in [0.29, 0.717) is 11.7 Å². The van der Waals surface area contributed by atoms with Crippen molar-refractivity contribution in [2.45, 2.75) is 12.6 Å². The number of urea groups is 1. The molecule has 0 spiro atoms. The van der Waals surface area contributed by atoms with Crippen LogP contribution >= 0.6 is 0 Å². The SMILES string of the molecule is COc1ncccc1CNC(=O)N[C@@H](c1ccc(F)cc1)c1nccn1C. The van der Waals surface area contributed by atoms with Gasteiger partial charge >= 0.3 is 6.03 Å². The Labute approximate surface area is 156 Å². The molecule has 8 heteroatoms. The van der Waals surface area contributed by atoms with Gasteiger partial charge < -0.3 is 19.9 Å². The van der Waals surface area contributed by atoms with E-state index in [1.54, 1.807) is 41.4 Å². The molecule has 2 aromatic heterocycles. The maximum Gasteiger partial charge on any atom is 0.315 e. The number of carbonyl (C=O) groups is 1. The molecule has 140 valence electrons. The van der Waals surface area contributed by atoms with Crippen LogP contribution in [-0.4, -0.2) is 27.7 Å². The fourth-order valence-electron chi connectivity index (χ4n) is 2.71. The number of ether oxygens (including phenoxy) is 1. The number of methoxy groups -OCH3 is 1. The van der Waals surface area contributed by atoms with Gasteiger partial charge in [-0.3, -0.25) is 0 Å². The van der Waals surface area contributed by atoms with E-state index in [1.165, 1.54) is 19.2 Å². The van der Waals surface area contributed by atoms with Crippen LogP contribution in [0.25, 0.3) is 0 Å². The Morgan fingerprint density at radius 3 is 2.67 bits per heavy atom. The van der Waals surface area contributed by atoms with Crippen LogP contribution in [-0.2, 0) is 13.6 Å². The first-order valence-corrected chi connectivity index (χ1v) is 8.33. The number of nitrogens with zero attached hydrogens (tertiary/aromatic N) is 3. The van der Waals surface area contributed by atoms with Crippen molar-refractivity contribution < 1.29 is 13.9 Å². The summed E-state index contributed by atoms with van der Waals surface area (Å²) >= 11 is 0. The minimum Gasteiger partial charge on any atom is -0.481 e. The number of imidazole rings is 1. The van der Waals surface area contributed by atoms with Gasteiger partial charge in [0, 0.05) is 37.7 Å². The number of aromatic nitrogens is 3. The van der Waals surface area contributed by atoms with Crippen LogP contribution < -0.4 is 15.4 Å². The Kier molecular flexibility index (Phi) is 5.65. The Balaban J connectivity index is 1.75. The molecule has 0 aliphatic carbocycles. The Bertz CT molecular complexity index is 910. The lowest BCUT2D eigenvalue weighted by molar-refractivity contribution is 0.237. The van der Waals surface area contributed by atoms with Crippen LogP contribution in [0.5, 0.6) is 5.88 Å². The number of benzene rings is 1. The van der Waals surface area contributed by atoms with Crippen molar-refractivity contribution in [1.82, 2.24) is 25.2 Å². The molecule has 3 rings (SSSR count). The van der Waals surface area contributed by atoms with E-state index in [9.17, 15) is 9.18 Å². The van der Waals surface area contributed by atoms with Crippen LogP contribution in [0.2, 0.25) is 0 Å². The second-order valence-corrected chi connectivity index (χ2v) is 5.88. The van der Waals surface area contributed by atoms with E-state index in [-0.39, 0.29) is 12.4 Å². The first kappa shape index (κ1) is 18.4. The number of hydrogen-bond donors (Lipinski definition) is 2. The number of hydrogen-bond acceptors (Lipinski definition) is 4. The second kappa shape index (κ2) is 8.31. The highest BCUT2D eigenvalue weighted by atomic mass is 19.1. The van der Waals surface area contributed by atoms with E-state index >= 15 is 0 Å². The molecule has 0 fully saturated rings. The molecule has 0 saturated carbocycles. The lowest BCUT2D eigenvalue weighted by atomic mass is 10.1. The first-order valence-electron chi connectivity index (χ1n) is 8.33. The molecule has 27 heavy (non-hydrogen) atoms. The van der Waals surface area contributed by atoms with Crippen molar-refractivity contribution in [2.24, 2.45) is 7.05 Å². The molecular weight excluding hydrogens is 349 g/mol. The summed E-state index contributed by atoms with van der Waals surface area (Å²) < 4.78 is 20.3. The molecule has 0 aliphatic heterocycles. The zero-order valence-electron chi connectivity index (χ0n) is 15.0. The average molecular weight is 369 g/mol. The lowest BCUT2D eigenvalue weighted by Crippen LogP contribution is -2.39. The van der Waals surface area contributed by atoms with Crippen molar-refractivity contribution >= 4 is 6.03 Å². The van der Waals surface area contributed by atoms with Gasteiger partial charge in [-0.25, -0.2) is 19.2 Å². The van der Waals surface area contributed by atoms with Crippen LogP contribution in [0.3, 0.4) is 0 Å². The summed E-state index contributed by atoms with van der Waals surface area (Å²) in [6.07, 6.45) is 5.05. The summed E-state index contributed by atoms with van der Waals surface area (Å²) in [6.45, 7) is 0.250. The highest BCUT2D eigenvalue weighted by Gasteiger charge is 2.21. The van der Waals surface area contributed by atoms with Crippen molar-refractivity contribution in [2.75, 3.05) is 7.11 Å². The molecule has 0 unspecified atom stereocenters. The third-order valence-electron chi connectivity index (χ3n) is 4.08. The standard InChI is InChI=1S/C19H20FN5O2/c1-25-11-10-21-17(25)16(13-5-7-15(20)8-6-13)24-19(26)23-12-14-4-3-9-22-18(14)27-2/h3-11,16H,12H2,1-2H3,(H2,23,24,26)/t16-/m0/s1. The van der Waals surface area contributed by atoms with Gasteiger partial charge in [-0.2, -0.15) is 0 Å². The Morgan fingerprint density at radius 2 is 2.00 bits per heavy atom.